The molecule has 0 radical (unpaired) electrons. The van der Waals surface area contributed by atoms with Gasteiger partial charge in [-0.25, -0.2) is 0 Å². The van der Waals surface area contributed by atoms with Crippen LogP contribution in [-0.4, -0.2) is 10.8 Å². The van der Waals surface area contributed by atoms with Crippen LogP contribution in [0.25, 0.3) is 0 Å². The van der Waals surface area contributed by atoms with Crippen molar-refractivity contribution in [2.45, 2.75) is 13.8 Å². The molecule has 1 heterocycles. The maximum absolute atomic E-state index is 12.3. The molecule has 0 spiro atoms. The Bertz CT molecular complexity index is 600. The van der Waals surface area contributed by atoms with Crippen molar-refractivity contribution in [1.29, 1.82) is 0 Å². The second-order valence-corrected chi connectivity index (χ2v) is 5.01. The van der Waals surface area contributed by atoms with Crippen LogP contribution in [-0.2, 0) is 0 Å². The van der Waals surface area contributed by atoms with Gasteiger partial charge >= 0.3 is 0 Å². The summed E-state index contributed by atoms with van der Waals surface area (Å²) in [6.07, 6.45) is 3.08. The molecule has 4 heteroatoms. The lowest BCUT2D eigenvalue weighted by atomic mass is 9.99. The van der Waals surface area contributed by atoms with Crippen LogP contribution in [0.4, 0.5) is 5.69 Å². The number of rotatable bonds is 2. The molecule has 18 heavy (non-hydrogen) atoms. The number of hydrogen-bond donors (Lipinski definition) is 1. The fraction of sp³-hybridized carbons (Fsp3) is 0.143. The summed E-state index contributed by atoms with van der Waals surface area (Å²) < 4.78 is 1.03. The number of anilines is 1. The van der Waals surface area contributed by atoms with Gasteiger partial charge in [0, 0.05) is 28.1 Å². The fourth-order valence-electron chi connectivity index (χ4n) is 1.83. The van der Waals surface area contributed by atoms with Gasteiger partial charge in [-0.3, -0.25) is 9.78 Å². The van der Waals surface area contributed by atoms with Gasteiger partial charge < -0.3 is 5.73 Å². The first-order chi connectivity index (χ1) is 8.50. The Morgan fingerprint density at radius 1 is 1.28 bits per heavy atom. The summed E-state index contributed by atoms with van der Waals surface area (Å²) in [6, 6.07) is 5.34. The number of aryl methyl sites for hydroxylation is 2. The molecule has 3 nitrogen and oxygen atoms in total. The molecular formula is C14H13BrN2O. The maximum Gasteiger partial charge on any atom is 0.196 e. The number of pyridine rings is 1. The number of nitrogens with two attached hydrogens (primary N) is 1. The minimum Gasteiger partial charge on any atom is -0.398 e. The first-order valence-corrected chi connectivity index (χ1v) is 6.31. The summed E-state index contributed by atoms with van der Waals surface area (Å²) in [5, 5.41) is 0. The standard InChI is InChI=1S/C14H13BrN2O/c1-8-5-10(6-9(2)13(8)15)14(18)11-7-17-4-3-12(11)16/h3-7H,1-2H3,(H2,16,17). The van der Waals surface area contributed by atoms with Gasteiger partial charge in [-0.2, -0.15) is 0 Å². The number of benzene rings is 1. The molecule has 2 aromatic rings. The van der Waals surface area contributed by atoms with E-state index in [1.807, 2.05) is 26.0 Å². The molecule has 0 bridgehead atoms. The molecule has 0 atom stereocenters. The summed E-state index contributed by atoms with van der Waals surface area (Å²) in [5.74, 6) is -0.0979. The molecule has 0 aliphatic carbocycles. The van der Waals surface area contributed by atoms with Crippen molar-refractivity contribution in [2.24, 2.45) is 0 Å². The van der Waals surface area contributed by atoms with Crippen LogP contribution in [0.1, 0.15) is 27.0 Å². The van der Waals surface area contributed by atoms with E-state index < -0.39 is 0 Å². The number of carbonyl (C=O) groups excluding carboxylic acids is 1. The van der Waals surface area contributed by atoms with Crippen LogP contribution >= 0.6 is 15.9 Å². The zero-order chi connectivity index (χ0) is 13.3. The Morgan fingerprint density at radius 3 is 2.44 bits per heavy atom. The van der Waals surface area contributed by atoms with Crippen molar-refractivity contribution in [2.75, 3.05) is 5.73 Å². The van der Waals surface area contributed by atoms with Gasteiger partial charge in [-0.1, -0.05) is 15.9 Å². The highest BCUT2D eigenvalue weighted by atomic mass is 79.9. The molecule has 1 aromatic heterocycles. The average molecular weight is 305 g/mol. The largest absolute Gasteiger partial charge is 0.398 e. The van der Waals surface area contributed by atoms with E-state index in [1.165, 1.54) is 6.20 Å². The molecule has 0 saturated carbocycles. The third kappa shape index (κ3) is 2.29. The molecule has 0 aliphatic rings. The van der Waals surface area contributed by atoms with Gasteiger partial charge in [0.15, 0.2) is 5.78 Å². The highest BCUT2D eigenvalue weighted by Gasteiger charge is 2.14. The Labute approximate surface area is 114 Å². The van der Waals surface area contributed by atoms with Crippen molar-refractivity contribution < 1.29 is 4.79 Å². The second-order valence-electron chi connectivity index (χ2n) is 4.22. The number of carbonyl (C=O) groups is 1. The normalized spacial score (nSPS) is 10.4. The molecule has 0 unspecified atom stereocenters. The van der Waals surface area contributed by atoms with Gasteiger partial charge in [-0.15, -0.1) is 0 Å². The van der Waals surface area contributed by atoms with Gasteiger partial charge in [-0.05, 0) is 43.2 Å². The van der Waals surface area contributed by atoms with Crippen molar-refractivity contribution in [3.63, 3.8) is 0 Å². The van der Waals surface area contributed by atoms with E-state index in [9.17, 15) is 4.79 Å². The highest BCUT2D eigenvalue weighted by molar-refractivity contribution is 9.10. The van der Waals surface area contributed by atoms with Gasteiger partial charge in [0.05, 0.1) is 5.56 Å². The third-order valence-corrected chi connectivity index (χ3v) is 4.05. The lowest BCUT2D eigenvalue weighted by Gasteiger charge is -2.08. The number of ketones is 1. The van der Waals surface area contributed by atoms with Crippen LogP contribution in [0.5, 0.6) is 0 Å². The van der Waals surface area contributed by atoms with E-state index in [-0.39, 0.29) is 5.78 Å². The highest BCUT2D eigenvalue weighted by Crippen LogP contribution is 2.24. The lowest BCUT2D eigenvalue weighted by molar-refractivity contribution is 0.103. The molecule has 2 N–H and O–H groups in total. The summed E-state index contributed by atoms with van der Waals surface area (Å²) >= 11 is 3.48. The summed E-state index contributed by atoms with van der Waals surface area (Å²) in [7, 11) is 0. The average Bonchev–Trinajstić information content (AvgIpc) is 2.35. The molecule has 0 saturated heterocycles. The number of nitrogens with zero attached hydrogens (tertiary/aromatic N) is 1. The van der Waals surface area contributed by atoms with E-state index in [0.717, 1.165) is 15.6 Å². The Morgan fingerprint density at radius 2 is 1.89 bits per heavy atom. The van der Waals surface area contributed by atoms with Crippen LogP contribution in [0, 0.1) is 13.8 Å². The third-order valence-electron chi connectivity index (χ3n) is 2.80. The topological polar surface area (TPSA) is 56.0 Å². The number of nitrogen functional groups attached to an aromatic ring is 1. The van der Waals surface area contributed by atoms with Crippen molar-refractivity contribution in [3.05, 3.63) is 57.3 Å². The van der Waals surface area contributed by atoms with E-state index in [0.29, 0.717) is 16.8 Å². The SMILES string of the molecule is Cc1cc(C(=O)c2cnccc2N)cc(C)c1Br. The lowest BCUT2D eigenvalue weighted by Crippen LogP contribution is -2.06. The zero-order valence-electron chi connectivity index (χ0n) is 10.2. The van der Waals surface area contributed by atoms with Crippen LogP contribution in [0.15, 0.2) is 35.1 Å². The van der Waals surface area contributed by atoms with E-state index in [4.69, 9.17) is 5.73 Å². The van der Waals surface area contributed by atoms with Gasteiger partial charge in [0.1, 0.15) is 0 Å². The molecule has 0 amide bonds. The van der Waals surface area contributed by atoms with E-state index >= 15 is 0 Å². The zero-order valence-corrected chi connectivity index (χ0v) is 11.8. The molecule has 0 fully saturated rings. The van der Waals surface area contributed by atoms with Crippen molar-refractivity contribution in [3.8, 4) is 0 Å². The van der Waals surface area contributed by atoms with Gasteiger partial charge in [0.2, 0.25) is 0 Å². The fourth-order valence-corrected chi connectivity index (χ4v) is 2.06. The molecule has 2 rings (SSSR count). The molecule has 92 valence electrons. The van der Waals surface area contributed by atoms with Crippen LogP contribution in [0.3, 0.4) is 0 Å². The monoisotopic (exact) mass is 304 g/mol. The number of halogens is 1. The number of aromatic nitrogens is 1. The van der Waals surface area contributed by atoms with E-state index in [1.54, 1.807) is 12.3 Å². The molecular weight excluding hydrogens is 292 g/mol. The predicted molar refractivity (Wildman–Crippen MR) is 75.7 cm³/mol. The first kappa shape index (κ1) is 12.8. The maximum atomic E-state index is 12.3. The second kappa shape index (κ2) is 4.90. The first-order valence-electron chi connectivity index (χ1n) is 5.51. The van der Waals surface area contributed by atoms with E-state index in [2.05, 4.69) is 20.9 Å². The number of hydrogen-bond acceptors (Lipinski definition) is 3. The van der Waals surface area contributed by atoms with Gasteiger partial charge in [0.25, 0.3) is 0 Å². The summed E-state index contributed by atoms with van der Waals surface area (Å²) in [6.45, 7) is 3.92. The quantitative estimate of drug-likeness (QED) is 0.866. The Hall–Kier alpha value is -1.68. The molecule has 1 aromatic carbocycles. The predicted octanol–water partition coefficient (Wildman–Crippen LogP) is 3.27. The summed E-state index contributed by atoms with van der Waals surface area (Å²) in [4.78, 5) is 16.3. The van der Waals surface area contributed by atoms with Crippen LogP contribution < -0.4 is 5.73 Å². The minimum absolute atomic E-state index is 0.0979. The van der Waals surface area contributed by atoms with Crippen molar-refractivity contribution >= 4 is 27.4 Å². The minimum atomic E-state index is -0.0979. The van der Waals surface area contributed by atoms with Crippen LogP contribution in [0.2, 0.25) is 0 Å². The Balaban J connectivity index is 2.51. The smallest absolute Gasteiger partial charge is 0.196 e. The Kier molecular flexibility index (Phi) is 3.48. The van der Waals surface area contributed by atoms with Crippen molar-refractivity contribution in [1.82, 2.24) is 4.98 Å². The summed E-state index contributed by atoms with van der Waals surface area (Å²) in [5.41, 5.74) is 9.38. The molecule has 0 aliphatic heterocycles.